The molecule has 116 valence electrons. The van der Waals surface area contributed by atoms with E-state index in [0.717, 1.165) is 37.4 Å². The normalized spacial score (nSPS) is 19.4. The molecular weight excluding hydrogens is 266 g/mol. The third kappa shape index (κ3) is 4.81. The first kappa shape index (κ1) is 15.9. The molecule has 2 rings (SSSR count). The van der Waals surface area contributed by atoms with Gasteiger partial charge in [0.1, 0.15) is 0 Å². The van der Waals surface area contributed by atoms with Crippen molar-refractivity contribution in [2.24, 2.45) is 5.73 Å². The number of hydrogen-bond donors (Lipinski definition) is 2. The van der Waals surface area contributed by atoms with E-state index < -0.39 is 0 Å². The molecule has 0 aliphatic carbocycles. The fourth-order valence-electron chi connectivity index (χ4n) is 2.58. The molecule has 1 amide bonds. The first-order valence-electron chi connectivity index (χ1n) is 7.60. The van der Waals surface area contributed by atoms with Crippen molar-refractivity contribution in [1.82, 2.24) is 10.2 Å². The second kappa shape index (κ2) is 8.12. The Hall–Kier alpha value is -1.43. The molecule has 0 bridgehead atoms. The molecule has 21 heavy (non-hydrogen) atoms. The molecule has 1 saturated heterocycles. The first-order chi connectivity index (χ1) is 10.2. The number of benzene rings is 1. The molecule has 1 aliphatic heterocycles. The minimum atomic E-state index is 0.0214. The fourth-order valence-corrected chi connectivity index (χ4v) is 2.58. The Morgan fingerprint density at radius 3 is 2.90 bits per heavy atom. The lowest BCUT2D eigenvalue weighted by Crippen LogP contribution is -2.47. The zero-order valence-corrected chi connectivity index (χ0v) is 12.7. The molecule has 0 aromatic heterocycles. The van der Waals surface area contributed by atoms with E-state index in [1.54, 1.807) is 0 Å². The number of amides is 1. The number of carbonyl (C=O) groups is 1. The quantitative estimate of drug-likeness (QED) is 0.802. The summed E-state index contributed by atoms with van der Waals surface area (Å²) in [5, 5.41) is 2.97. The summed E-state index contributed by atoms with van der Waals surface area (Å²) in [4.78, 5) is 14.4. The van der Waals surface area contributed by atoms with E-state index in [2.05, 4.69) is 17.1 Å². The van der Waals surface area contributed by atoms with Gasteiger partial charge in [0.05, 0.1) is 19.1 Å². The highest BCUT2D eigenvalue weighted by atomic mass is 16.5. The minimum Gasteiger partial charge on any atom is -0.374 e. The zero-order valence-electron chi connectivity index (χ0n) is 12.7. The topological polar surface area (TPSA) is 67.6 Å². The van der Waals surface area contributed by atoms with Crippen LogP contribution in [0.15, 0.2) is 24.3 Å². The number of rotatable bonds is 6. The van der Waals surface area contributed by atoms with Crippen LogP contribution in [0.1, 0.15) is 18.1 Å². The predicted octanol–water partition coefficient (Wildman–Crippen LogP) is 0.525. The average molecular weight is 291 g/mol. The van der Waals surface area contributed by atoms with Crippen LogP contribution in [0.3, 0.4) is 0 Å². The molecule has 5 nitrogen and oxygen atoms in total. The van der Waals surface area contributed by atoms with Gasteiger partial charge in [-0.05, 0) is 17.7 Å². The van der Waals surface area contributed by atoms with Gasteiger partial charge in [-0.2, -0.15) is 0 Å². The third-order valence-electron chi connectivity index (χ3n) is 3.89. The lowest BCUT2D eigenvalue weighted by atomic mass is 10.0. The maximum Gasteiger partial charge on any atom is 0.224 e. The summed E-state index contributed by atoms with van der Waals surface area (Å²) in [6, 6.07) is 7.80. The molecule has 1 aromatic carbocycles. The lowest BCUT2D eigenvalue weighted by Gasteiger charge is -2.32. The van der Waals surface area contributed by atoms with Crippen molar-refractivity contribution in [3.63, 3.8) is 0 Å². The number of nitrogens with two attached hydrogens (primary N) is 1. The smallest absolute Gasteiger partial charge is 0.224 e. The summed E-state index contributed by atoms with van der Waals surface area (Å²) in [6.07, 6.45) is 0.463. The predicted molar refractivity (Wildman–Crippen MR) is 82.9 cm³/mol. The summed E-state index contributed by atoms with van der Waals surface area (Å²) in [7, 11) is 0. The molecule has 1 aliphatic rings. The van der Waals surface area contributed by atoms with E-state index in [9.17, 15) is 4.79 Å². The van der Waals surface area contributed by atoms with Crippen LogP contribution in [0, 0.1) is 0 Å². The average Bonchev–Trinajstić information content (AvgIpc) is 2.53. The second-order valence-electron chi connectivity index (χ2n) is 5.34. The molecule has 5 heteroatoms. The van der Waals surface area contributed by atoms with Crippen LogP contribution < -0.4 is 11.1 Å². The summed E-state index contributed by atoms with van der Waals surface area (Å²) >= 11 is 0. The molecule has 0 radical (unpaired) electrons. The van der Waals surface area contributed by atoms with Gasteiger partial charge in [-0.25, -0.2) is 0 Å². The van der Waals surface area contributed by atoms with Gasteiger partial charge in [-0.3, -0.25) is 9.69 Å². The van der Waals surface area contributed by atoms with Crippen LogP contribution in [0.2, 0.25) is 0 Å². The van der Waals surface area contributed by atoms with Gasteiger partial charge in [0, 0.05) is 26.2 Å². The highest BCUT2D eigenvalue weighted by Gasteiger charge is 2.19. The fraction of sp³-hybridized carbons (Fsp3) is 0.562. The van der Waals surface area contributed by atoms with Crippen molar-refractivity contribution >= 4 is 5.91 Å². The van der Waals surface area contributed by atoms with Gasteiger partial charge in [-0.1, -0.05) is 31.2 Å². The van der Waals surface area contributed by atoms with Crippen molar-refractivity contribution in [3.05, 3.63) is 35.4 Å². The Kier molecular flexibility index (Phi) is 6.17. The number of ether oxygens (including phenoxy) is 1. The van der Waals surface area contributed by atoms with E-state index in [-0.39, 0.29) is 12.0 Å². The van der Waals surface area contributed by atoms with Gasteiger partial charge in [0.2, 0.25) is 5.91 Å². The highest BCUT2D eigenvalue weighted by Crippen LogP contribution is 2.09. The Bertz CT molecular complexity index is 465. The number of hydrogen-bond acceptors (Lipinski definition) is 4. The zero-order chi connectivity index (χ0) is 15.1. The van der Waals surface area contributed by atoms with E-state index in [4.69, 9.17) is 10.5 Å². The standard InChI is InChI=1S/C16H25N3O2/c1-2-19-7-8-21-15(12-19)11-18-16(20)9-13-5-3-4-6-14(13)10-17/h3-6,15H,2,7-12,17H2,1H3,(H,18,20). The minimum absolute atomic E-state index is 0.0214. The lowest BCUT2D eigenvalue weighted by molar-refractivity contribution is -0.121. The van der Waals surface area contributed by atoms with Crippen molar-refractivity contribution in [2.45, 2.75) is 26.0 Å². The Morgan fingerprint density at radius 1 is 1.43 bits per heavy atom. The highest BCUT2D eigenvalue weighted by molar-refractivity contribution is 5.78. The van der Waals surface area contributed by atoms with Crippen LogP contribution in [-0.4, -0.2) is 49.7 Å². The van der Waals surface area contributed by atoms with Gasteiger partial charge in [-0.15, -0.1) is 0 Å². The van der Waals surface area contributed by atoms with E-state index >= 15 is 0 Å². The molecular formula is C16H25N3O2. The van der Waals surface area contributed by atoms with Crippen LogP contribution in [0.25, 0.3) is 0 Å². The summed E-state index contributed by atoms with van der Waals surface area (Å²) < 4.78 is 5.68. The van der Waals surface area contributed by atoms with Gasteiger partial charge >= 0.3 is 0 Å². The Morgan fingerprint density at radius 2 is 2.19 bits per heavy atom. The van der Waals surface area contributed by atoms with Crippen LogP contribution >= 0.6 is 0 Å². The number of nitrogens with one attached hydrogen (secondary N) is 1. The molecule has 1 aromatic rings. The summed E-state index contributed by atoms with van der Waals surface area (Å²) in [5.41, 5.74) is 7.71. The number of likely N-dealkylation sites (N-methyl/N-ethyl adjacent to an activating group) is 1. The van der Waals surface area contributed by atoms with Gasteiger partial charge < -0.3 is 15.8 Å². The van der Waals surface area contributed by atoms with Crippen molar-refractivity contribution in [1.29, 1.82) is 0 Å². The Labute approximate surface area is 126 Å². The maximum absolute atomic E-state index is 12.1. The summed E-state index contributed by atoms with van der Waals surface area (Å²) in [5.74, 6) is 0.0214. The summed E-state index contributed by atoms with van der Waals surface area (Å²) in [6.45, 7) is 6.80. The van der Waals surface area contributed by atoms with Crippen LogP contribution in [-0.2, 0) is 22.5 Å². The molecule has 1 heterocycles. The molecule has 0 spiro atoms. The number of morpholine rings is 1. The molecule has 1 atom stereocenters. The van der Waals surface area contributed by atoms with E-state index in [1.165, 1.54) is 0 Å². The number of carbonyl (C=O) groups excluding carboxylic acids is 1. The molecule has 3 N–H and O–H groups in total. The largest absolute Gasteiger partial charge is 0.374 e. The van der Waals surface area contributed by atoms with E-state index in [1.807, 2.05) is 24.3 Å². The van der Waals surface area contributed by atoms with Crippen molar-refractivity contribution in [3.8, 4) is 0 Å². The van der Waals surface area contributed by atoms with Gasteiger partial charge in [0.25, 0.3) is 0 Å². The molecule has 0 saturated carbocycles. The van der Waals surface area contributed by atoms with Crippen LogP contribution in [0.5, 0.6) is 0 Å². The number of nitrogens with zero attached hydrogens (tertiary/aromatic N) is 1. The first-order valence-corrected chi connectivity index (χ1v) is 7.60. The molecule has 1 fully saturated rings. The monoisotopic (exact) mass is 291 g/mol. The second-order valence-corrected chi connectivity index (χ2v) is 5.34. The SMILES string of the molecule is CCN1CCOC(CNC(=O)Cc2ccccc2CN)C1. The van der Waals surface area contributed by atoms with Crippen molar-refractivity contribution < 1.29 is 9.53 Å². The Balaban J connectivity index is 1.79. The van der Waals surface area contributed by atoms with Crippen LogP contribution in [0.4, 0.5) is 0 Å². The van der Waals surface area contributed by atoms with Gasteiger partial charge in [0.15, 0.2) is 0 Å². The third-order valence-corrected chi connectivity index (χ3v) is 3.89. The maximum atomic E-state index is 12.1. The molecule has 1 unspecified atom stereocenters. The van der Waals surface area contributed by atoms with Crippen molar-refractivity contribution in [2.75, 3.05) is 32.8 Å². The van der Waals surface area contributed by atoms with E-state index in [0.29, 0.717) is 19.5 Å².